The molecule has 7 heteroatoms. The van der Waals surface area contributed by atoms with E-state index >= 15 is 0 Å². The van der Waals surface area contributed by atoms with Crippen LogP contribution in [0, 0.1) is 5.92 Å². The number of amides is 2. The molecule has 3 rings (SSSR count). The zero-order valence-electron chi connectivity index (χ0n) is 12.6. The molecule has 0 atom stereocenters. The summed E-state index contributed by atoms with van der Waals surface area (Å²) in [5, 5.41) is 3.17. The van der Waals surface area contributed by atoms with E-state index in [4.69, 9.17) is 5.84 Å². The van der Waals surface area contributed by atoms with Crippen LogP contribution < -0.4 is 16.6 Å². The van der Waals surface area contributed by atoms with E-state index in [1.165, 1.54) is 42.8 Å². The summed E-state index contributed by atoms with van der Waals surface area (Å²) in [7, 11) is 0. The van der Waals surface area contributed by atoms with Crippen molar-refractivity contribution in [3.05, 3.63) is 23.8 Å². The Kier molecular flexibility index (Phi) is 4.56. The number of nitrogens with zero attached hydrogens (tertiary/aromatic N) is 2. The zero-order valence-corrected chi connectivity index (χ0v) is 13.4. The van der Waals surface area contributed by atoms with Gasteiger partial charge in [0.1, 0.15) is 0 Å². The van der Waals surface area contributed by atoms with Crippen molar-refractivity contribution >= 4 is 32.7 Å². The van der Waals surface area contributed by atoms with E-state index in [0.717, 1.165) is 22.7 Å². The van der Waals surface area contributed by atoms with Crippen molar-refractivity contribution in [2.75, 3.05) is 18.4 Å². The number of carbonyl (C=O) groups is 1. The Balaban J connectivity index is 1.71. The van der Waals surface area contributed by atoms with Gasteiger partial charge in [-0.2, -0.15) is 0 Å². The Bertz CT molecular complexity index is 663. The van der Waals surface area contributed by atoms with Gasteiger partial charge in [-0.15, -0.1) is 0 Å². The number of thiazole rings is 1. The van der Waals surface area contributed by atoms with Gasteiger partial charge < -0.3 is 0 Å². The number of hydrogen-bond donors (Lipinski definition) is 3. The van der Waals surface area contributed by atoms with E-state index < -0.39 is 6.03 Å². The van der Waals surface area contributed by atoms with Gasteiger partial charge >= 0.3 is 6.03 Å². The van der Waals surface area contributed by atoms with Crippen molar-refractivity contribution < 1.29 is 4.79 Å². The van der Waals surface area contributed by atoms with Crippen molar-refractivity contribution in [3.63, 3.8) is 0 Å². The highest BCUT2D eigenvalue weighted by Gasteiger charge is 2.16. The predicted octanol–water partition coefficient (Wildman–Crippen LogP) is 2.52. The van der Waals surface area contributed by atoms with Crippen molar-refractivity contribution in [1.82, 2.24) is 15.3 Å². The van der Waals surface area contributed by atoms with E-state index in [0.29, 0.717) is 5.13 Å². The summed E-state index contributed by atoms with van der Waals surface area (Å²) in [4.78, 5) is 18.1. The highest BCUT2D eigenvalue weighted by Crippen LogP contribution is 2.27. The molecule has 1 fully saturated rings. The maximum atomic E-state index is 11.2. The molecule has 0 saturated carbocycles. The number of nitrogens with two attached hydrogens (primary N) is 1. The first kappa shape index (κ1) is 15.2. The first-order chi connectivity index (χ1) is 10.6. The van der Waals surface area contributed by atoms with Crippen LogP contribution in [-0.4, -0.2) is 29.0 Å². The third-order valence-electron chi connectivity index (χ3n) is 4.09. The number of urea groups is 1. The van der Waals surface area contributed by atoms with Gasteiger partial charge in [-0.05, 0) is 49.5 Å². The van der Waals surface area contributed by atoms with Gasteiger partial charge in [0.2, 0.25) is 0 Å². The molecule has 0 bridgehead atoms. The van der Waals surface area contributed by atoms with Crippen LogP contribution in [0.1, 0.15) is 25.3 Å². The van der Waals surface area contributed by atoms with Gasteiger partial charge in [0.15, 0.2) is 5.13 Å². The smallest absolute Gasteiger partial charge is 0.299 e. The largest absolute Gasteiger partial charge is 0.335 e. The summed E-state index contributed by atoms with van der Waals surface area (Å²) in [6, 6.07) is 5.84. The summed E-state index contributed by atoms with van der Waals surface area (Å²) >= 11 is 1.46. The Labute approximate surface area is 133 Å². The van der Waals surface area contributed by atoms with Crippen LogP contribution in [0.4, 0.5) is 9.93 Å². The van der Waals surface area contributed by atoms with E-state index in [1.807, 2.05) is 11.5 Å². The Morgan fingerprint density at radius 3 is 2.95 bits per heavy atom. The zero-order chi connectivity index (χ0) is 15.5. The number of aromatic nitrogens is 1. The van der Waals surface area contributed by atoms with Crippen molar-refractivity contribution in [2.24, 2.45) is 11.8 Å². The molecule has 118 valence electrons. The van der Waals surface area contributed by atoms with Crippen molar-refractivity contribution in [3.8, 4) is 0 Å². The number of hydrogen-bond acceptors (Lipinski definition) is 5. The second-order valence-electron chi connectivity index (χ2n) is 5.88. The van der Waals surface area contributed by atoms with E-state index in [-0.39, 0.29) is 0 Å². The highest BCUT2D eigenvalue weighted by molar-refractivity contribution is 7.22. The van der Waals surface area contributed by atoms with Crippen LogP contribution in [0.25, 0.3) is 10.2 Å². The number of likely N-dealkylation sites (tertiary alicyclic amines) is 1. The lowest BCUT2D eigenvalue weighted by Gasteiger charge is -2.30. The van der Waals surface area contributed by atoms with Crippen LogP contribution in [0.2, 0.25) is 0 Å². The minimum absolute atomic E-state index is 0.457. The fourth-order valence-corrected chi connectivity index (χ4v) is 3.66. The third-order valence-corrected chi connectivity index (χ3v) is 5.02. The second kappa shape index (κ2) is 6.60. The monoisotopic (exact) mass is 319 g/mol. The van der Waals surface area contributed by atoms with Gasteiger partial charge in [-0.25, -0.2) is 15.6 Å². The average molecular weight is 319 g/mol. The first-order valence-corrected chi connectivity index (χ1v) is 8.35. The minimum Gasteiger partial charge on any atom is -0.299 e. The van der Waals surface area contributed by atoms with Gasteiger partial charge in [0.05, 0.1) is 10.2 Å². The molecule has 1 aromatic carbocycles. The molecule has 4 N–H and O–H groups in total. The lowest BCUT2D eigenvalue weighted by atomic mass is 9.99. The molecule has 0 radical (unpaired) electrons. The number of carbonyl (C=O) groups excluding carboxylic acids is 1. The average Bonchev–Trinajstić information content (AvgIpc) is 2.91. The maximum Gasteiger partial charge on any atom is 0.335 e. The van der Waals surface area contributed by atoms with Crippen LogP contribution >= 0.6 is 11.3 Å². The number of benzene rings is 1. The molecule has 2 amide bonds. The second-order valence-corrected chi connectivity index (χ2v) is 6.91. The maximum absolute atomic E-state index is 11.2. The number of fused-ring (bicyclic) bond motifs is 1. The van der Waals surface area contributed by atoms with E-state index in [1.54, 1.807) is 0 Å². The molecule has 1 aromatic heterocycles. The normalized spacial score (nSPS) is 16.8. The van der Waals surface area contributed by atoms with Crippen LogP contribution in [0.5, 0.6) is 0 Å². The summed E-state index contributed by atoms with van der Waals surface area (Å²) in [6.07, 6.45) is 2.57. The molecule has 1 aliphatic heterocycles. The molecule has 2 heterocycles. The van der Waals surface area contributed by atoms with Gasteiger partial charge in [-0.3, -0.25) is 15.6 Å². The molecular weight excluding hydrogens is 298 g/mol. The number of anilines is 1. The Morgan fingerprint density at radius 1 is 1.45 bits per heavy atom. The van der Waals surface area contributed by atoms with E-state index in [9.17, 15) is 4.79 Å². The Hall–Kier alpha value is -1.70. The highest BCUT2D eigenvalue weighted by atomic mass is 32.1. The molecule has 1 aliphatic rings. The quantitative estimate of drug-likeness (QED) is 0.461. The fraction of sp³-hybridized carbons (Fsp3) is 0.467. The Morgan fingerprint density at radius 2 is 2.23 bits per heavy atom. The molecule has 6 nitrogen and oxygen atoms in total. The van der Waals surface area contributed by atoms with Crippen molar-refractivity contribution in [1.29, 1.82) is 0 Å². The molecular formula is C15H21N5OS. The number of rotatable bonds is 3. The fourth-order valence-electron chi connectivity index (χ4n) is 2.73. The van der Waals surface area contributed by atoms with E-state index in [2.05, 4.69) is 34.3 Å². The predicted molar refractivity (Wildman–Crippen MR) is 89.6 cm³/mol. The standard InChI is InChI=1S/C15H21N5OS/c1-10-4-6-20(7-5-10)9-11-2-3-12-13(8-11)22-15(17-12)18-14(21)19-16/h2-3,8,10H,4-7,9,16H2,1H3,(H2,17,18,19,21). The SMILES string of the molecule is CC1CCN(Cc2ccc3nc(NC(=O)NN)sc3c2)CC1. The van der Waals surface area contributed by atoms with Crippen LogP contribution in [0.3, 0.4) is 0 Å². The molecule has 0 spiro atoms. The number of nitrogens with one attached hydrogen (secondary N) is 2. The minimum atomic E-state index is -0.457. The summed E-state index contributed by atoms with van der Waals surface area (Å²) < 4.78 is 1.08. The summed E-state index contributed by atoms with van der Waals surface area (Å²) in [5.41, 5.74) is 4.23. The molecule has 0 unspecified atom stereocenters. The first-order valence-electron chi connectivity index (χ1n) is 7.53. The lowest BCUT2D eigenvalue weighted by molar-refractivity contribution is 0.185. The van der Waals surface area contributed by atoms with Crippen molar-refractivity contribution in [2.45, 2.75) is 26.3 Å². The topological polar surface area (TPSA) is 83.3 Å². The molecule has 2 aromatic rings. The molecule has 0 aliphatic carbocycles. The van der Waals surface area contributed by atoms with Gasteiger partial charge in [0, 0.05) is 6.54 Å². The molecule has 22 heavy (non-hydrogen) atoms. The van der Waals surface area contributed by atoms with Crippen LogP contribution in [-0.2, 0) is 6.54 Å². The summed E-state index contributed by atoms with van der Waals surface area (Å²) in [5.74, 6) is 5.91. The number of hydrazine groups is 1. The van der Waals surface area contributed by atoms with Gasteiger partial charge in [0.25, 0.3) is 0 Å². The van der Waals surface area contributed by atoms with Gasteiger partial charge in [-0.1, -0.05) is 24.3 Å². The summed E-state index contributed by atoms with van der Waals surface area (Å²) in [6.45, 7) is 5.65. The third kappa shape index (κ3) is 3.55. The molecule has 1 saturated heterocycles. The lowest BCUT2D eigenvalue weighted by Crippen LogP contribution is -2.34. The number of piperidine rings is 1. The van der Waals surface area contributed by atoms with Crippen LogP contribution in [0.15, 0.2) is 18.2 Å².